The van der Waals surface area contributed by atoms with E-state index >= 15 is 0 Å². The smallest absolute Gasteiger partial charge is 0.337 e. The largest absolute Gasteiger partial charge is 0.478 e. The van der Waals surface area contributed by atoms with Crippen molar-refractivity contribution < 1.29 is 19.1 Å². The van der Waals surface area contributed by atoms with E-state index in [1.54, 1.807) is 12.1 Å². The number of rotatable bonds is 4. The van der Waals surface area contributed by atoms with Gasteiger partial charge in [0.1, 0.15) is 5.82 Å². The number of hydrogen-bond donors (Lipinski definition) is 2. The van der Waals surface area contributed by atoms with Crippen molar-refractivity contribution in [1.82, 2.24) is 0 Å². The van der Waals surface area contributed by atoms with Gasteiger partial charge in [0.15, 0.2) is 0 Å². The summed E-state index contributed by atoms with van der Waals surface area (Å²) in [6.45, 7) is 1.87. The van der Waals surface area contributed by atoms with Crippen LogP contribution in [0.5, 0.6) is 0 Å². The zero-order valence-corrected chi connectivity index (χ0v) is 11.4. The first-order valence-corrected chi connectivity index (χ1v) is 6.35. The number of benzene rings is 2. The van der Waals surface area contributed by atoms with E-state index in [1.807, 2.05) is 19.1 Å². The van der Waals surface area contributed by atoms with E-state index in [4.69, 9.17) is 5.11 Å². The lowest BCUT2D eigenvalue weighted by Gasteiger charge is -2.10. The number of aromatic carboxylic acids is 1. The highest BCUT2D eigenvalue weighted by atomic mass is 19.1. The summed E-state index contributed by atoms with van der Waals surface area (Å²) < 4.78 is 13.7. The third-order valence-electron chi connectivity index (χ3n) is 3.12. The standard InChI is InChI=1S/C16H14FNO3/c1-10-5-2-3-6-11(10)9-14(19)18-15-12(16(20)21)7-4-8-13(15)17/h2-8H,9H2,1H3,(H,18,19)(H,20,21). The maximum atomic E-state index is 13.7. The third kappa shape index (κ3) is 3.45. The van der Waals surface area contributed by atoms with Gasteiger partial charge in [-0.3, -0.25) is 4.79 Å². The second-order valence-electron chi connectivity index (χ2n) is 4.62. The molecule has 0 fully saturated rings. The number of carboxylic acid groups (broad SMARTS) is 1. The quantitative estimate of drug-likeness (QED) is 0.908. The van der Waals surface area contributed by atoms with E-state index in [-0.39, 0.29) is 17.7 Å². The predicted octanol–water partition coefficient (Wildman–Crippen LogP) is 3.01. The Bertz CT molecular complexity index is 698. The number of carboxylic acids is 1. The van der Waals surface area contributed by atoms with Gasteiger partial charge >= 0.3 is 5.97 Å². The van der Waals surface area contributed by atoms with E-state index in [0.29, 0.717) is 0 Å². The van der Waals surface area contributed by atoms with E-state index in [1.165, 1.54) is 12.1 Å². The van der Waals surface area contributed by atoms with Crippen LogP contribution >= 0.6 is 0 Å². The highest BCUT2D eigenvalue weighted by Gasteiger charge is 2.16. The Balaban J connectivity index is 2.21. The topological polar surface area (TPSA) is 66.4 Å². The molecule has 0 atom stereocenters. The molecular formula is C16H14FNO3. The SMILES string of the molecule is Cc1ccccc1CC(=O)Nc1c(F)cccc1C(=O)O. The minimum Gasteiger partial charge on any atom is -0.478 e. The van der Waals surface area contributed by atoms with E-state index in [9.17, 15) is 14.0 Å². The molecule has 0 aliphatic carbocycles. The second kappa shape index (κ2) is 6.17. The van der Waals surface area contributed by atoms with Gasteiger partial charge in [0, 0.05) is 0 Å². The first kappa shape index (κ1) is 14.7. The summed E-state index contributed by atoms with van der Waals surface area (Å²) in [5.41, 5.74) is 1.18. The number of carbonyl (C=O) groups excluding carboxylic acids is 1. The molecular weight excluding hydrogens is 273 g/mol. The van der Waals surface area contributed by atoms with Crippen LogP contribution < -0.4 is 5.32 Å². The van der Waals surface area contributed by atoms with Crippen molar-refractivity contribution in [2.45, 2.75) is 13.3 Å². The average molecular weight is 287 g/mol. The van der Waals surface area contributed by atoms with Gasteiger partial charge in [-0.1, -0.05) is 30.3 Å². The Morgan fingerprint density at radius 3 is 2.52 bits per heavy atom. The van der Waals surface area contributed by atoms with Crippen LogP contribution in [0.3, 0.4) is 0 Å². The second-order valence-corrected chi connectivity index (χ2v) is 4.62. The maximum Gasteiger partial charge on any atom is 0.337 e. The van der Waals surface area contributed by atoms with Gasteiger partial charge in [0.2, 0.25) is 5.91 Å². The van der Waals surface area contributed by atoms with Gasteiger partial charge in [-0.25, -0.2) is 9.18 Å². The van der Waals surface area contributed by atoms with Crippen molar-refractivity contribution >= 4 is 17.6 Å². The van der Waals surface area contributed by atoms with Crippen molar-refractivity contribution in [3.05, 3.63) is 65.0 Å². The Kier molecular flexibility index (Phi) is 4.33. The molecule has 4 nitrogen and oxygen atoms in total. The summed E-state index contributed by atoms with van der Waals surface area (Å²) in [5.74, 6) is -2.52. The normalized spacial score (nSPS) is 10.2. The molecule has 2 aromatic carbocycles. The molecule has 5 heteroatoms. The Morgan fingerprint density at radius 2 is 1.86 bits per heavy atom. The molecule has 0 heterocycles. The highest BCUT2D eigenvalue weighted by molar-refractivity contribution is 6.01. The van der Waals surface area contributed by atoms with E-state index in [0.717, 1.165) is 17.2 Å². The molecule has 21 heavy (non-hydrogen) atoms. The van der Waals surface area contributed by atoms with Crippen LogP contribution in [0.25, 0.3) is 0 Å². The summed E-state index contributed by atoms with van der Waals surface area (Å²) in [6, 6.07) is 11.0. The van der Waals surface area contributed by atoms with Gasteiger partial charge < -0.3 is 10.4 Å². The minimum atomic E-state index is -1.29. The molecule has 0 spiro atoms. The van der Waals surface area contributed by atoms with Crippen LogP contribution in [0.4, 0.5) is 10.1 Å². The molecule has 0 aliphatic rings. The molecule has 0 unspecified atom stereocenters. The van der Waals surface area contributed by atoms with Crippen molar-refractivity contribution in [3.63, 3.8) is 0 Å². The zero-order chi connectivity index (χ0) is 15.4. The maximum absolute atomic E-state index is 13.7. The van der Waals surface area contributed by atoms with Gasteiger partial charge in [0.25, 0.3) is 0 Å². The summed E-state index contributed by atoms with van der Waals surface area (Å²) >= 11 is 0. The summed E-state index contributed by atoms with van der Waals surface area (Å²) in [5, 5.41) is 11.4. The monoisotopic (exact) mass is 287 g/mol. The van der Waals surface area contributed by atoms with Gasteiger partial charge in [0.05, 0.1) is 17.7 Å². The molecule has 2 N–H and O–H groups in total. The number of halogens is 1. The van der Waals surface area contributed by atoms with Crippen LogP contribution in [-0.2, 0) is 11.2 Å². The number of anilines is 1. The van der Waals surface area contributed by atoms with Crippen LogP contribution in [0.1, 0.15) is 21.5 Å². The predicted molar refractivity (Wildman–Crippen MR) is 76.9 cm³/mol. The fraction of sp³-hybridized carbons (Fsp3) is 0.125. The highest BCUT2D eigenvalue weighted by Crippen LogP contribution is 2.20. The van der Waals surface area contributed by atoms with E-state index in [2.05, 4.69) is 5.32 Å². The zero-order valence-electron chi connectivity index (χ0n) is 11.4. The number of amides is 1. The molecule has 108 valence electrons. The third-order valence-corrected chi connectivity index (χ3v) is 3.12. The van der Waals surface area contributed by atoms with Gasteiger partial charge in [-0.2, -0.15) is 0 Å². The van der Waals surface area contributed by atoms with E-state index < -0.39 is 17.7 Å². The molecule has 0 radical (unpaired) electrons. The molecule has 2 aromatic rings. The fourth-order valence-corrected chi connectivity index (χ4v) is 1.99. The molecule has 0 aromatic heterocycles. The van der Waals surface area contributed by atoms with Crippen LogP contribution in [0, 0.1) is 12.7 Å². The molecule has 0 bridgehead atoms. The minimum absolute atomic E-state index is 0.0556. The molecule has 0 saturated heterocycles. The summed E-state index contributed by atoms with van der Waals surface area (Å²) in [4.78, 5) is 23.0. The first-order valence-electron chi connectivity index (χ1n) is 6.35. The van der Waals surface area contributed by atoms with Gasteiger partial charge in [-0.15, -0.1) is 0 Å². The Hall–Kier alpha value is -2.69. The van der Waals surface area contributed by atoms with Crippen LogP contribution in [0.2, 0.25) is 0 Å². The molecule has 0 aliphatic heterocycles. The number of hydrogen-bond acceptors (Lipinski definition) is 2. The van der Waals surface area contributed by atoms with Crippen molar-refractivity contribution in [1.29, 1.82) is 0 Å². The summed E-state index contributed by atoms with van der Waals surface area (Å²) in [6.07, 6.45) is 0.0556. The number of para-hydroxylation sites is 1. The Morgan fingerprint density at radius 1 is 1.14 bits per heavy atom. The van der Waals surface area contributed by atoms with Gasteiger partial charge in [-0.05, 0) is 30.2 Å². The molecule has 2 rings (SSSR count). The lowest BCUT2D eigenvalue weighted by molar-refractivity contribution is -0.115. The fourth-order valence-electron chi connectivity index (χ4n) is 1.99. The van der Waals surface area contributed by atoms with Crippen molar-refractivity contribution in [2.75, 3.05) is 5.32 Å². The lowest BCUT2D eigenvalue weighted by Crippen LogP contribution is -2.18. The molecule has 0 saturated carbocycles. The molecule has 1 amide bonds. The summed E-state index contributed by atoms with van der Waals surface area (Å²) in [7, 11) is 0. The van der Waals surface area contributed by atoms with Crippen molar-refractivity contribution in [2.24, 2.45) is 0 Å². The first-order chi connectivity index (χ1) is 9.99. The van der Waals surface area contributed by atoms with Crippen LogP contribution in [0.15, 0.2) is 42.5 Å². The number of nitrogens with one attached hydrogen (secondary N) is 1. The average Bonchev–Trinajstić information content (AvgIpc) is 2.43. The van der Waals surface area contributed by atoms with Crippen molar-refractivity contribution in [3.8, 4) is 0 Å². The number of carbonyl (C=O) groups is 2. The Labute approximate surface area is 121 Å². The number of aryl methyl sites for hydroxylation is 1. The van der Waals surface area contributed by atoms with Crippen LogP contribution in [-0.4, -0.2) is 17.0 Å². The lowest BCUT2D eigenvalue weighted by atomic mass is 10.1.